The second-order valence-corrected chi connectivity index (χ2v) is 9.14. The number of aromatic nitrogens is 4. The number of hydrogen-bond donors (Lipinski definition) is 0. The first-order chi connectivity index (χ1) is 15.7. The molecule has 1 amide bonds. The summed E-state index contributed by atoms with van der Waals surface area (Å²) in [5, 5.41) is 0. The number of benzene rings is 1. The molecule has 3 aromatic rings. The molecular formula is C24H31N5O4. The van der Waals surface area contributed by atoms with Gasteiger partial charge in [0.1, 0.15) is 6.10 Å². The van der Waals surface area contributed by atoms with Gasteiger partial charge in [-0.3, -0.25) is 23.3 Å². The van der Waals surface area contributed by atoms with E-state index in [0.29, 0.717) is 49.7 Å². The van der Waals surface area contributed by atoms with E-state index < -0.39 is 11.2 Å². The fourth-order valence-corrected chi connectivity index (χ4v) is 4.36. The molecule has 4 rings (SSSR count). The van der Waals surface area contributed by atoms with E-state index in [-0.39, 0.29) is 17.9 Å². The summed E-state index contributed by atoms with van der Waals surface area (Å²) < 4.78 is 10.5. The maximum absolute atomic E-state index is 13.1. The van der Waals surface area contributed by atoms with Crippen LogP contribution in [0.4, 0.5) is 0 Å². The monoisotopic (exact) mass is 453 g/mol. The van der Waals surface area contributed by atoms with Crippen LogP contribution in [-0.4, -0.2) is 48.7 Å². The molecule has 1 fully saturated rings. The predicted molar refractivity (Wildman–Crippen MR) is 126 cm³/mol. The Balaban J connectivity index is 1.71. The molecule has 0 N–H and O–H groups in total. The number of nitrogens with zero attached hydrogens (tertiary/aromatic N) is 5. The van der Waals surface area contributed by atoms with Crippen LogP contribution in [0.15, 0.2) is 33.9 Å². The molecule has 176 valence electrons. The van der Waals surface area contributed by atoms with E-state index in [1.54, 1.807) is 11.6 Å². The van der Waals surface area contributed by atoms with Crippen molar-refractivity contribution in [3.05, 3.63) is 56.2 Å². The Kier molecular flexibility index (Phi) is 6.14. The molecule has 9 nitrogen and oxygen atoms in total. The molecule has 2 aromatic heterocycles. The summed E-state index contributed by atoms with van der Waals surface area (Å²) in [6, 6.07) is 8.35. The lowest BCUT2D eigenvalue weighted by Crippen LogP contribution is -2.43. The number of imidazole rings is 1. The quantitative estimate of drug-likeness (QED) is 0.588. The molecule has 33 heavy (non-hydrogen) atoms. The number of aryl methyl sites for hydroxylation is 2. The summed E-state index contributed by atoms with van der Waals surface area (Å²) in [5.74, 6) is 0.122. The molecule has 0 aliphatic carbocycles. The minimum Gasteiger partial charge on any atom is -0.461 e. The summed E-state index contributed by atoms with van der Waals surface area (Å²) >= 11 is 0. The van der Waals surface area contributed by atoms with Gasteiger partial charge in [-0.05, 0) is 12.5 Å². The van der Waals surface area contributed by atoms with Gasteiger partial charge in [-0.2, -0.15) is 4.98 Å². The second kappa shape index (κ2) is 8.88. The molecule has 3 heterocycles. The summed E-state index contributed by atoms with van der Waals surface area (Å²) in [6.07, 6.45) is 1.24. The van der Waals surface area contributed by atoms with Gasteiger partial charge in [-0.15, -0.1) is 0 Å². The lowest BCUT2D eigenvalue weighted by molar-refractivity contribution is -0.136. The van der Waals surface area contributed by atoms with Crippen molar-refractivity contribution in [2.45, 2.75) is 46.3 Å². The average molecular weight is 454 g/mol. The van der Waals surface area contributed by atoms with Gasteiger partial charge in [-0.1, -0.05) is 43.7 Å². The molecule has 1 saturated heterocycles. The number of rotatable bonds is 5. The van der Waals surface area contributed by atoms with Crippen molar-refractivity contribution in [3.63, 3.8) is 0 Å². The largest absolute Gasteiger partial charge is 0.461 e. The predicted octanol–water partition coefficient (Wildman–Crippen LogP) is 1.82. The first kappa shape index (κ1) is 22.8. The number of carbonyl (C=O) groups excluding carboxylic acids is 1. The molecule has 0 atom stereocenters. The molecule has 9 heteroatoms. The molecular weight excluding hydrogens is 422 g/mol. The van der Waals surface area contributed by atoms with Crippen LogP contribution in [-0.2, 0) is 25.4 Å². The van der Waals surface area contributed by atoms with Crippen LogP contribution in [0.2, 0.25) is 0 Å². The molecule has 0 radical (unpaired) electrons. The first-order valence-electron chi connectivity index (χ1n) is 11.3. The number of hydrogen-bond acceptors (Lipinski definition) is 5. The highest BCUT2D eigenvalue weighted by Gasteiger charge is 2.28. The summed E-state index contributed by atoms with van der Waals surface area (Å²) in [7, 11) is 3.07. The highest BCUT2D eigenvalue weighted by Crippen LogP contribution is 2.24. The van der Waals surface area contributed by atoms with Gasteiger partial charge in [0.25, 0.3) is 11.6 Å². The second-order valence-electron chi connectivity index (χ2n) is 9.14. The topological polar surface area (TPSA) is 91.4 Å². The fourth-order valence-electron chi connectivity index (χ4n) is 4.36. The van der Waals surface area contributed by atoms with Crippen LogP contribution in [0.25, 0.3) is 11.2 Å². The van der Waals surface area contributed by atoms with Crippen molar-refractivity contribution >= 4 is 17.1 Å². The zero-order chi connectivity index (χ0) is 23.9. The van der Waals surface area contributed by atoms with E-state index in [2.05, 4.69) is 11.1 Å². The van der Waals surface area contributed by atoms with Crippen LogP contribution in [0.5, 0.6) is 6.01 Å². The highest BCUT2D eigenvalue weighted by atomic mass is 16.5. The Bertz CT molecular complexity index is 1310. The number of fused-ring (bicyclic) bond motifs is 1. The first-order valence-corrected chi connectivity index (χ1v) is 11.3. The normalized spacial score (nSPS) is 14.9. The van der Waals surface area contributed by atoms with Gasteiger partial charge >= 0.3 is 5.69 Å². The number of piperidine rings is 1. The smallest absolute Gasteiger partial charge is 0.332 e. The molecule has 0 unspecified atom stereocenters. The third-order valence-electron chi connectivity index (χ3n) is 6.26. The van der Waals surface area contributed by atoms with Gasteiger partial charge in [0, 0.05) is 45.9 Å². The third kappa shape index (κ3) is 4.31. The minimum atomic E-state index is -0.431. The SMILES string of the molecule is Cc1cccc(Cn2c(OC3CCN(C(=O)C(C)C)CC3)nc3c2c(=O)n(C)c(=O)n3C)c1. The van der Waals surface area contributed by atoms with Gasteiger partial charge in [-0.25, -0.2) is 4.79 Å². The lowest BCUT2D eigenvalue weighted by atomic mass is 10.1. The Morgan fingerprint density at radius 3 is 2.48 bits per heavy atom. The van der Waals surface area contributed by atoms with Gasteiger partial charge < -0.3 is 9.64 Å². The van der Waals surface area contributed by atoms with Crippen molar-refractivity contribution in [2.24, 2.45) is 20.0 Å². The van der Waals surface area contributed by atoms with Crippen LogP contribution in [0.1, 0.15) is 37.8 Å². The molecule has 0 bridgehead atoms. The zero-order valence-corrected chi connectivity index (χ0v) is 19.9. The van der Waals surface area contributed by atoms with Crippen molar-refractivity contribution in [1.82, 2.24) is 23.6 Å². The number of amides is 1. The summed E-state index contributed by atoms with van der Waals surface area (Å²) in [4.78, 5) is 44.3. The Morgan fingerprint density at radius 2 is 1.85 bits per heavy atom. The number of likely N-dealkylation sites (tertiary alicyclic amines) is 1. The van der Waals surface area contributed by atoms with E-state index in [1.165, 1.54) is 11.6 Å². The van der Waals surface area contributed by atoms with Crippen LogP contribution < -0.4 is 16.0 Å². The maximum Gasteiger partial charge on any atom is 0.332 e. The Morgan fingerprint density at radius 1 is 1.15 bits per heavy atom. The maximum atomic E-state index is 13.1. The van der Waals surface area contributed by atoms with E-state index in [1.807, 2.05) is 43.9 Å². The van der Waals surface area contributed by atoms with E-state index >= 15 is 0 Å². The lowest BCUT2D eigenvalue weighted by Gasteiger charge is -2.33. The van der Waals surface area contributed by atoms with Crippen LogP contribution in [0.3, 0.4) is 0 Å². The summed E-state index contributed by atoms with van der Waals surface area (Å²) in [6.45, 7) is 7.47. The van der Waals surface area contributed by atoms with Crippen molar-refractivity contribution in [1.29, 1.82) is 0 Å². The van der Waals surface area contributed by atoms with Gasteiger partial charge in [0.2, 0.25) is 5.91 Å². The number of ether oxygens (including phenoxy) is 1. The molecule has 1 aromatic carbocycles. The van der Waals surface area contributed by atoms with Gasteiger partial charge in [0.15, 0.2) is 11.2 Å². The number of carbonyl (C=O) groups is 1. The van der Waals surface area contributed by atoms with Gasteiger partial charge in [0.05, 0.1) is 6.54 Å². The van der Waals surface area contributed by atoms with Crippen LogP contribution in [0, 0.1) is 12.8 Å². The average Bonchev–Trinajstić information content (AvgIpc) is 3.14. The molecule has 0 saturated carbocycles. The Hall–Kier alpha value is -3.36. The van der Waals surface area contributed by atoms with Crippen molar-refractivity contribution < 1.29 is 9.53 Å². The molecule has 1 aliphatic rings. The van der Waals surface area contributed by atoms with E-state index in [4.69, 9.17) is 4.74 Å². The fraction of sp³-hybridized carbons (Fsp3) is 0.500. The third-order valence-corrected chi connectivity index (χ3v) is 6.26. The van der Waals surface area contributed by atoms with E-state index in [9.17, 15) is 14.4 Å². The standard InChI is InChI=1S/C24H31N5O4/c1-15(2)21(30)28-11-9-18(10-12-28)33-23-25-20-19(22(31)27(5)24(32)26(20)4)29(23)14-17-8-6-7-16(3)13-17/h6-8,13,15,18H,9-12,14H2,1-5H3. The zero-order valence-electron chi connectivity index (χ0n) is 19.9. The van der Waals surface area contributed by atoms with Crippen molar-refractivity contribution in [2.75, 3.05) is 13.1 Å². The molecule has 0 spiro atoms. The van der Waals surface area contributed by atoms with Crippen molar-refractivity contribution in [3.8, 4) is 6.01 Å². The molecule has 1 aliphatic heterocycles. The Labute approximate surface area is 192 Å². The highest BCUT2D eigenvalue weighted by molar-refractivity contribution is 5.78. The van der Waals surface area contributed by atoms with Crippen LogP contribution >= 0.6 is 0 Å². The minimum absolute atomic E-state index is 0.0292. The summed E-state index contributed by atoms with van der Waals surface area (Å²) in [5.41, 5.74) is 1.93. The van der Waals surface area contributed by atoms with E-state index in [0.717, 1.165) is 15.7 Å².